The minimum Gasteiger partial charge on any atom is -0.504 e. The van der Waals surface area contributed by atoms with Crippen molar-refractivity contribution in [3.05, 3.63) is 59.7 Å². The number of piperidine rings is 1. The molecule has 3 atom stereocenters. The summed E-state index contributed by atoms with van der Waals surface area (Å²) in [6, 6.07) is 16.0. The Morgan fingerprint density at radius 2 is 1.96 bits per heavy atom. The molecule has 2 aromatic rings. The van der Waals surface area contributed by atoms with Gasteiger partial charge in [-0.15, -0.1) is 0 Å². The predicted molar refractivity (Wildman–Crippen MR) is 104 cm³/mol. The van der Waals surface area contributed by atoms with Crippen molar-refractivity contribution >= 4 is 0 Å². The molecule has 0 aliphatic carbocycles. The maximum atomic E-state index is 10.6. The SMILES string of the molecule is CC(CCCc1ccccc1)Oc1cccc([C@@H]2C[C@H](O)CCN2)c1O. The Morgan fingerprint density at radius 1 is 1.15 bits per heavy atom. The van der Waals surface area contributed by atoms with E-state index in [9.17, 15) is 10.2 Å². The molecular formula is C22H29NO3. The first-order valence-corrected chi connectivity index (χ1v) is 9.57. The number of ether oxygens (including phenoxy) is 1. The largest absolute Gasteiger partial charge is 0.504 e. The number of aryl methyl sites for hydroxylation is 1. The standard InChI is InChI=1S/C22H29NO3/c1-16(7-5-10-17-8-3-2-4-9-17)26-21-12-6-11-19(22(21)25)20-15-18(24)13-14-23-20/h2-4,6,8-9,11-12,16,18,20,23-25H,5,7,10,13-15H2,1H3/t16?,18-,20+/m1/s1. The average molecular weight is 355 g/mol. The van der Waals surface area contributed by atoms with Gasteiger partial charge in [0.1, 0.15) is 0 Å². The smallest absolute Gasteiger partial charge is 0.162 e. The maximum Gasteiger partial charge on any atom is 0.162 e. The van der Waals surface area contributed by atoms with E-state index in [0.717, 1.165) is 37.8 Å². The lowest BCUT2D eigenvalue weighted by Crippen LogP contribution is -2.34. The topological polar surface area (TPSA) is 61.7 Å². The van der Waals surface area contributed by atoms with Crippen LogP contribution in [0.5, 0.6) is 11.5 Å². The van der Waals surface area contributed by atoms with Crippen LogP contribution >= 0.6 is 0 Å². The van der Waals surface area contributed by atoms with Crippen LogP contribution in [-0.4, -0.2) is 29.0 Å². The van der Waals surface area contributed by atoms with Crippen LogP contribution in [0.2, 0.25) is 0 Å². The monoisotopic (exact) mass is 355 g/mol. The molecule has 0 saturated carbocycles. The van der Waals surface area contributed by atoms with E-state index in [1.54, 1.807) is 0 Å². The van der Waals surface area contributed by atoms with E-state index in [4.69, 9.17) is 4.74 Å². The second-order valence-corrected chi connectivity index (χ2v) is 7.19. The van der Waals surface area contributed by atoms with Gasteiger partial charge in [-0.2, -0.15) is 0 Å². The molecule has 0 radical (unpaired) electrons. The summed E-state index contributed by atoms with van der Waals surface area (Å²) in [6.45, 7) is 2.80. The molecule has 0 aromatic heterocycles. The highest BCUT2D eigenvalue weighted by atomic mass is 16.5. The summed E-state index contributed by atoms with van der Waals surface area (Å²) in [5.41, 5.74) is 2.14. The highest BCUT2D eigenvalue weighted by molar-refractivity contribution is 5.47. The Kier molecular flexibility index (Phi) is 6.53. The number of aliphatic hydroxyl groups excluding tert-OH is 1. The van der Waals surface area contributed by atoms with Crippen molar-refractivity contribution in [2.45, 2.75) is 57.3 Å². The third-order valence-corrected chi connectivity index (χ3v) is 5.03. The van der Waals surface area contributed by atoms with E-state index in [1.165, 1.54) is 5.56 Å². The minimum atomic E-state index is -0.317. The Bertz CT molecular complexity index is 689. The first-order chi connectivity index (χ1) is 12.6. The molecule has 1 fully saturated rings. The van der Waals surface area contributed by atoms with Gasteiger partial charge in [-0.3, -0.25) is 0 Å². The summed E-state index contributed by atoms with van der Waals surface area (Å²) in [4.78, 5) is 0. The van der Waals surface area contributed by atoms with Gasteiger partial charge in [-0.1, -0.05) is 42.5 Å². The third-order valence-electron chi connectivity index (χ3n) is 5.03. The van der Waals surface area contributed by atoms with Crippen LogP contribution in [0.15, 0.2) is 48.5 Å². The van der Waals surface area contributed by atoms with Gasteiger partial charge in [-0.25, -0.2) is 0 Å². The summed E-state index contributed by atoms with van der Waals surface area (Å²) in [5, 5.41) is 23.9. The molecule has 1 heterocycles. The van der Waals surface area contributed by atoms with Crippen LogP contribution in [-0.2, 0) is 6.42 Å². The third kappa shape index (κ3) is 4.99. The number of phenolic OH excluding ortho intramolecular Hbond substituents is 1. The van der Waals surface area contributed by atoms with E-state index < -0.39 is 0 Å². The Morgan fingerprint density at radius 3 is 2.73 bits per heavy atom. The molecule has 2 aromatic carbocycles. The number of para-hydroxylation sites is 1. The molecule has 1 aliphatic rings. The minimum absolute atomic E-state index is 0.0318. The fourth-order valence-electron chi connectivity index (χ4n) is 3.56. The van der Waals surface area contributed by atoms with Gasteiger partial charge in [0.2, 0.25) is 0 Å². The Labute approximate surface area is 155 Å². The average Bonchev–Trinajstić information content (AvgIpc) is 2.64. The second kappa shape index (κ2) is 9.06. The molecule has 1 aliphatic heterocycles. The molecule has 1 unspecified atom stereocenters. The number of phenols is 1. The molecule has 4 heteroatoms. The summed E-state index contributed by atoms with van der Waals surface area (Å²) in [7, 11) is 0. The number of hydrogen-bond donors (Lipinski definition) is 3. The van der Waals surface area contributed by atoms with Gasteiger partial charge >= 0.3 is 0 Å². The fourth-order valence-corrected chi connectivity index (χ4v) is 3.56. The van der Waals surface area contributed by atoms with Crippen LogP contribution in [0.25, 0.3) is 0 Å². The second-order valence-electron chi connectivity index (χ2n) is 7.19. The quantitative estimate of drug-likeness (QED) is 0.703. The molecule has 0 bridgehead atoms. The van der Waals surface area contributed by atoms with E-state index in [2.05, 4.69) is 29.6 Å². The van der Waals surface area contributed by atoms with Gasteiger partial charge in [0.25, 0.3) is 0 Å². The number of aliphatic hydroxyl groups is 1. The molecular weight excluding hydrogens is 326 g/mol. The van der Waals surface area contributed by atoms with Crippen molar-refractivity contribution in [2.24, 2.45) is 0 Å². The first kappa shape index (κ1) is 18.7. The van der Waals surface area contributed by atoms with Crippen molar-refractivity contribution < 1.29 is 14.9 Å². The number of hydrogen-bond acceptors (Lipinski definition) is 4. The van der Waals surface area contributed by atoms with Crippen molar-refractivity contribution in [3.8, 4) is 11.5 Å². The Balaban J connectivity index is 1.56. The zero-order valence-corrected chi connectivity index (χ0v) is 15.4. The lowest BCUT2D eigenvalue weighted by molar-refractivity contribution is 0.116. The molecule has 0 spiro atoms. The van der Waals surface area contributed by atoms with Crippen molar-refractivity contribution in [1.29, 1.82) is 0 Å². The fraction of sp³-hybridized carbons (Fsp3) is 0.455. The van der Waals surface area contributed by atoms with Crippen LogP contribution in [0.4, 0.5) is 0 Å². The van der Waals surface area contributed by atoms with Crippen molar-refractivity contribution in [3.63, 3.8) is 0 Å². The van der Waals surface area contributed by atoms with Gasteiger partial charge < -0.3 is 20.3 Å². The summed E-state index contributed by atoms with van der Waals surface area (Å²) >= 11 is 0. The number of benzene rings is 2. The summed E-state index contributed by atoms with van der Waals surface area (Å²) in [5.74, 6) is 0.714. The molecule has 0 amide bonds. The number of aromatic hydroxyl groups is 1. The van der Waals surface area contributed by atoms with Crippen LogP contribution in [0.1, 0.15) is 49.8 Å². The van der Waals surface area contributed by atoms with E-state index in [0.29, 0.717) is 12.2 Å². The molecule has 3 rings (SSSR count). The van der Waals surface area contributed by atoms with E-state index >= 15 is 0 Å². The van der Waals surface area contributed by atoms with E-state index in [1.807, 2.05) is 31.2 Å². The summed E-state index contributed by atoms with van der Waals surface area (Å²) in [6.07, 6.45) is 4.09. The summed E-state index contributed by atoms with van der Waals surface area (Å²) < 4.78 is 6.00. The van der Waals surface area contributed by atoms with E-state index in [-0.39, 0.29) is 24.0 Å². The van der Waals surface area contributed by atoms with Crippen molar-refractivity contribution in [2.75, 3.05) is 6.54 Å². The number of rotatable bonds is 7. The molecule has 26 heavy (non-hydrogen) atoms. The highest BCUT2D eigenvalue weighted by Crippen LogP contribution is 2.37. The van der Waals surface area contributed by atoms with Gasteiger partial charge in [0.15, 0.2) is 11.5 Å². The van der Waals surface area contributed by atoms with Gasteiger partial charge in [0, 0.05) is 11.6 Å². The normalized spacial score (nSPS) is 21.3. The maximum absolute atomic E-state index is 10.6. The molecule has 140 valence electrons. The van der Waals surface area contributed by atoms with Crippen molar-refractivity contribution in [1.82, 2.24) is 5.32 Å². The van der Waals surface area contributed by atoms with Crippen LogP contribution in [0, 0.1) is 0 Å². The predicted octanol–water partition coefficient (Wildman–Crippen LogP) is 3.97. The first-order valence-electron chi connectivity index (χ1n) is 9.57. The molecule has 4 nitrogen and oxygen atoms in total. The molecule has 3 N–H and O–H groups in total. The zero-order valence-electron chi connectivity index (χ0n) is 15.4. The van der Waals surface area contributed by atoms with Crippen LogP contribution < -0.4 is 10.1 Å². The zero-order chi connectivity index (χ0) is 18.4. The lowest BCUT2D eigenvalue weighted by atomic mass is 9.94. The van der Waals surface area contributed by atoms with Gasteiger partial charge in [0.05, 0.1) is 12.2 Å². The highest BCUT2D eigenvalue weighted by Gasteiger charge is 2.24. The van der Waals surface area contributed by atoms with Gasteiger partial charge in [-0.05, 0) is 57.2 Å². The lowest BCUT2D eigenvalue weighted by Gasteiger charge is -2.28. The number of nitrogens with one attached hydrogen (secondary N) is 1. The van der Waals surface area contributed by atoms with Crippen LogP contribution in [0.3, 0.4) is 0 Å². The molecule has 1 saturated heterocycles. The Hall–Kier alpha value is -2.04.